The van der Waals surface area contributed by atoms with Crippen LogP contribution in [0.15, 0.2) is 44.9 Å². The van der Waals surface area contributed by atoms with Crippen molar-refractivity contribution in [2.24, 2.45) is 0 Å². The Balaban J connectivity index is 2.26. The maximum absolute atomic E-state index is 5.81. The number of halogens is 2. The van der Waals surface area contributed by atoms with Crippen LogP contribution >= 0.6 is 39.3 Å². The molecule has 0 bridgehead atoms. The number of benzene rings is 1. The summed E-state index contributed by atoms with van der Waals surface area (Å²) < 4.78 is 0.821. The highest BCUT2D eigenvalue weighted by Crippen LogP contribution is 2.32. The van der Waals surface area contributed by atoms with Crippen molar-refractivity contribution in [3.8, 4) is 0 Å². The van der Waals surface area contributed by atoms with Crippen LogP contribution in [-0.4, -0.2) is 9.97 Å². The van der Waals surface area contributed by atoms with Crippen molar-refractivity contribution in [2.45, 2.75) is 9.92 Å². The summed E-state index contributed by atoms with van der Waals surface area (Å²) in [7, 11) is 0. The molecule has 1 aromatic carbocycles. The van der Waals surface area contributed by atoms with Crippen molar-refractivity contribution in [2.75, 3.05) is 5.73 Å². The molecule has 0 fully saturated rings. The van der Waals surface area contributed by atoms with Gasteiger partial charge in [0, 0.05) is 16.1 Å². The van der Waals surface area contributed by atoms with Crippen LogP contribution in [0.25, 0.3) is 0 Å². The molecule has 1 heterocycles. The molecule has 6 heteroatoms. The van der Waals surface area contributed by atoms with Crippen LogP contribution < -0.4 is 5.73 Å². The van der Waals surface area contributed by atoms with Crippen LogP contribution in [0.1, 0.15) is 0 Å². The molecule has 0 aliphatic rings. The molecule has 0 saturated heterocycles. The summed E-state index contributed by atoms with van der Waals surface area (Å²) in [6.45, 7) is 0. The van der Waals surface area contributed by atoms with Crippen molar-refractivity contribution in [3.63, 3.8) is 0 Å². The Morgan fingerprint density at radius 2 is 1.94 bits per heavy atom. The summed E-state index contributed by atoms with van der Waals surface area (Å²) in [5.74, 6) is 0.264. The number of hydrogen-bond donors (Lipinski definition) is 1. The maximum Gasteiger partial charge on any atom is 0.221 e. The van der Waals surface area contributed by atoms with Gasteiger partial charge in [-0.05, 0) is 40.2 Å². The Bertz CT molecular complexity index is 504. The third-order valence-electron chi connectivity index (χ3n) is 1.76. The molecule has 16 heavy (non-hydrogen) atoms. The predicted octanol–water partition coefficient (Wildman–Crippen LogP) is 3.63. The molecule has 0 aliphatic carbocycles. The molecule has 2 rings (SSSR count). The van der Waals surface area contributed by atoms with E-state index in [1.165, 1.54) is 11.8 Å². The van der Waals surface area contributed by atoms with Crippen LogP contribution in [-0.2, 0) is 0 Å². The SMILES string of the molecule is Nc1ncc(Br)c(Sc2ccc(Cl)cc2)n1. The number of nitrogens with two attached hydrogens (primary N) is 1. The van der Waals surface area contributed by atoms with E-state index in [9.17, 15) is 0 Å². The first-order valence-electron chi connectivity index (χ1n) is 4.36. The minimum absolute atomic E-state index is 0.264. The molecule has 2 aromatic rings. The first kappa shape index (κ1) is 11.7. The monoisotopic (exact) mass is 315 g/mol. The van der Waals surface area contributed by atoms with Gasteiger partial charge >= 0.3 is 0 Å². The highest BCUT2D eigenvalue weighted by atomic mass is 79.9. The molecule has 0 radical (unpaired) electrons. The average molecular weight is 317 g/mol. The molecule has 2 N–H and O–H groups in total. The second kappa shape index (κ2) is 5.03. The van der Waals surface area contributed by atoms with Gasteiger partial charge in [-0.3, -0.25) is 0 Å². The van der Waals surface area contributed by atoms with Gasteiger partial charge in [0.1, 0.15) is 5.03 Å². The fraction of sp³-hybridized carbons (Fsp3) is 0. The van der Waals surface area contributed by atoms with Gasteiger partial charge < -0.3 is 5.73 Å². The van der Waals surface area contributed by atoms with E-state index in [4.69, 9.17) is 17.3 Å². The molecular formula is C10H7BrClN3S. The largest absolute Gasteiger partial charge is 0.368 e. The molecule has 0 saturated carbocycles. The van der Waals surface area contributed by atoms with E-state index in [0.717, 1.165) is 14.4 Å². The Hall–Kier alpha value is -0.780. The van der Waals surface area contributed by atoms with Gasteiger partial charge in [0.25, 0.3) is 0 Å². The standard InChI is InChI=1S/C10H7BrClN3S/c11-8-5-14-10(13)15-9(8)16-7-3-1-6(12)2-4-7/h1-5H,(H2,13,14,15). The summed E-state index contributed by atoms with van der Waals surface area (Å²) in [5, 5.41) is 1.50. The second-order valence-corrected chi connectivity index (χ2v) is 5.29. The number of nitrogen functional groups attached to an aromatic ring is 1. The van der Waals surface area contributed by atoms with Crippen molar-refractivity contribution in [1.29, 1.82) is 0 Å². The zero-order valence-electron chi connectivity index (χ0n) is 8.02. The molecule has 0 amide bonds. The Morgan fingerprint density at radius 3 is 2.62 bits per heavy atom. The normalized spacial score (nSPS) is 10.4. The zero-order valence-corrected chi connectivity index (χ0v) is 11.2. The first-order chi connectivity index (χ1) is 7.65. The van der Waals surface area contributed by atoms with Crippen molar-refractivity contribution in [1.82, 2.24) is 9.97 Å². The van der Waals surface area contributed by atoms with Crippen molar-refractivity contribution >= 4 is 45.2 Å². The molecule has 0 atom stereocenters. The predicted molar refractivity (Wildman–Crippen MR) is 69.7 cm³/mol. The second-order valence-electron chi connectivity index (χ2n) is 2.94. The van der Waals surface area contributed by atoms with E-state index in [2.05, 4.69) is 25.9 Å². The maximum atomic E-state index is 5.81. The molecule has 0 spiro atoms. The van der Waals surface area contributed by atoms with Gasteiger partial charge in [0.05, 0.1) is 4.47 Å². The van der Waals surface area contributed by atoms with E-state index in [0.29, 0.717) is 5.02 Å². The lowest BCUT2D eigenvalue weighted by atomic mass is 10.4. The fourth-order valence-electron chi connectivity index (χ4n) is 1.05. The lowest BCUT2D eigenvalue weighted by Crippen LogP contribution is -1.95. The minimum Gasteiger partial charge on any atom is -0.368 e. The van der Waals surface area contributed by atoms with Gasteiger partial charge in [0.15, 0.2) is 0 Å². The number of nitrogens with zero attached hydrogens (tertiary/aromatic N) is 2. The topological polar surface area (TPSA) is 51.8 Å². The smallest absolute Gasteiger partial charge is 0.221 e. The number of aromatic nitrogens is 2. The fourth-order valence-corrected chi connectivity index (χ4v) is 2.39. The lowest BCUT2D eigenvalue weighted by Gasteiger charge is -2.03. The van der Waals surface area contributed by atoms with Crippen LogP contribution in [0.3, 0.4) is 0 Å². The van der Waals surface area contributed by atoms with E-state index in [1.54, 1.807) is 6.20 Å². The third kappa shape index (κ3) is 2.87. The van der Waals surface area contributed by atoms with E-state index < -0.39 is 0 Å². The highest BCUT2D eigenvalue weighted by Gasteiger charge is 2.05. The molecule has 0 aliphatic heterocycles. The minimum atomic E-state index is 0.264. The van der Waals surface area contributed by atoms with Gasteiger partial charge in [-0.15, -0.1) is 0 Å². The van der Waals surface area contributed by atoms with Gasteiger partial charge in [-0.1, -0.05) is 23.4 Å². The summed E-state index contributed by atoms with van der Waals surface area (Å²) in [4.78, 5) is 9.07. The van der Waals surface area contributed by atoms with Crippen LogP contribution in [0.4, 0.5) is 5.95 Å². The first-order valence-corrected chi connectivity index (χ1v) is 6.35. The molecule has 1 aromatic heterocycles. The van der Waals surface area contributed by atoms with Crippen LogP contribution in [0.2, 0.25) is 5.02 Å². The number of rotatable bonds is 2. The van der Waals surface area contributed by atoms with Gasteiger partial charge in [0.2, 0.25) is 5.95 Å². The molecule has 0 unspecified atom stereocenters. The average Bonchev–Trinajstić information content (AvgIpc) is 2.27. The van der Waals surface area contributed by atoms with Crippen LogP contribution in [0, 0.1) is 0 Å². The Kier molecular flexibility index (Phi) is 3.68. The van der Waals surface area contributed by atoms with E-state index in [1.807, 2.05) is 24.3 Å². The van der Waals surface area contributed by atoms with Crippen molar-refractivity contribution < 1.29 is 0 Å². The van der Waals surface area contributed by atoms with Gasteiger partial charge in [-0.25, -0.2) is 9.97 Å². The van der Waals surface area contributed by atoms with Gasteiger partial charge in [-0.2, -0.15) is 0 Å². The lowest BCUT2D eigenvalue weighted by molar-refractivity contribution is 1.04. The summed E-state index contributed by atoms with van der Waals surface area (Å²) in [6, 6.07) is 7.53. The van der Waals surface area contributed by atoms with Crippen molar-refractivity contribution in [3.05, 3.63) is 40.0 Å². The summed E-state index contributed by atoms with van der Waals surface area (Å²) in [6.07, 6.45) is 1.64. The van der Waals surface area contributed by atoms with E-state index in [-0.39, 0.29) is 5.95 Å². The third-order valence-corrected chi connectivity index (χ3v) is 3.87. The van der Waals surface area contributed by atoms with E-state index >= 15 is 0 Å². The highest BCUT2D eigenvalue weighted by molar-refractivity contribution is 9.10. The van der Waals surface area contributed by atoms with Crippen LogP contribution in [0.5, 0.6) is 0 Å². The Labute approximate surface area is 111 Å². The summed E-state index contributed by atoms with van der Waals surface area (Å²) >= 11 is 10.7. The molecular weight excluding hydrogens is 310 g/mol. The Morgan fingerprint density at radius 1 is 1.25 bits per heavy atom. The number of anilines is 1. The zero-order chi connectivity index (χ0) is 11.5. The summed E-state index contributed by atoms with van der Waals surface area (Å²) in [5.41, 5.74) is 5.53. The quantitative estimate of drug-likeness (QED) is 0.860. The number of hydrogen-bond acceptors (Lipinski definition) is 4. The molecule has 3 nitrogen and oxygen atoms in total. The molecule has 82 valence electrons.